The van der Waals surface area contributed by atoms with Crippen LogP contribution in [0, 0.1) is 11.8 Å². The summed E-state index contributed by atoms with van der Waals surface area (Å²) >= 11 is 0. The van der Waals surface area contributed by atoms with Gasteiger partial charge in [-0.3, -0.25) is 14.7 Å². The van der Waals surface area contributed by atoms with Crippen LogP contribution in [0.1, 0.15) is 16.9 Å². The van der Waals surface area contributed by atoms with E-state index in [2.05, 4.69) is 21.8 Å². The highest BCUT2D eigenvalue weighted by Gasteiger charge is 2.42. The normalized spacial score (nSPS) is 31.1. The number of pyridine rings is 1. The van der Waals surface area contributed by atoms with E-state index in [1.807, 2.05) is 17.0 Å². The molecule has 136 valence electrons. The van der Waals surface area contributed by atoms with Crippen LogP contribution in [0.2, 0.25) is 0 Å². The second kappa shape index (κ2) is 7.40. The number of rotatable bonds is 3. The lowest BCUT2D eigenvalue weighted by molar-refractivity contribution is 0.0290. The van der Waals surface area contributed by atoms with E-state index < -0.39 is 0 Å². The van der Waals surface area contributed by atoms with Gasteiger partial charge in [0.15, 0.2) is 0 Å². The van der Waals surface area contributed by atoms with Crippen molar-refractivity contribution >= 4 is 5.91 Å². The third-order valence-corrected chi connectivity index (χ3v) is 6.01. The number of carbonyl (C=O) groups is 1. The average Bonchev–Trinajstić information content (AvgIpc) is 3.06. The van der Waals surface area contributed by atoms with Crippen molar-refractivity contribution in [1.29, 1.82) is 0 Å². The summed E-state index contributed by atoms with van der Waals surface area (Å²) in [6, 6.07) is 5.53. The van der Waals surface area contributed by atoms with Gasteiger partial charge < -0.3 is 14.5 Å². The predicted octanol–water partition coefficient (Wildman–Crippen LogP) is 0.806. The highest BCUT2D eigenvalue weighted by Crippen LogP contribution is 2.35. The van der Waals surface area contributed by atoms with Crippen molar-refractivity contribution in [3.63, 3.8) is 0 Å². The molecule has 4 rings (SSSR count). The molecule has 3 aliphatic rings. The molecule has 0 saturated carbocycles. The molecule has 0 spiro atoms. The van der Waals surface area contributed by atoms with E-state index in [4.69, 9.17) is 4.74 Å². The van der Waals surface area contributed by atoms with Crippen molar-refractivity contribution in [1.82, 2.24) is 19.7 Å². The lowest BCUT2D eigenvalue weighted by Crippen LogP contribution is -2.50. The molecule has 1 aromatic heterocycles. The number of likely N-dealkylation sites (N-methyl/N-ethyl adjacent to an activating group) is 1. The summed E-state index contributed by atoms with van der Waals surface area (Å²) in [4.78, 5) is 23.8. The minimum absolute atomic E-state index is 0.0595. The highest BCUT2D eigenvalue weighted by molar-refractivity contribution is 5.92. The van der Waals surface area contributed by atoms with Crippen LogP contribution in [0.15, 0.2) is 24.4 Å². The van der Waals surface area contributed by atoms with Gasteiger partial charge in [0.25, 0.3) is 5.91 Å². The molecule has 0 unspecified atom stereocenters. The highest BCUT2D eigenvalue weighted by atomic mass is 16.5. The summed E-state index contributed by atoms with van der Waals surface area (Å²) in [5.41, 5.74) is 0.551. The fourth-order valence-corrected chi connectivity index (χ4v) is 4.34. The van der Waals surface area contributed by atoms with Crippen LogP contribution < -0.4 is 0 Å². The second-order valence-electron chi connectivity index (χ2n) is 7.65. The van der Waals surface area contributed by atoms with Crippen molar-refractivity contribution in [2.75, 3.05) is 59.5 Å². The Kier molecular flexibility index (Phi) is 5.01. The zero-order valence-electron chi connectivity index (χ0n) is 15.0. The number of carbonyl (C=O) groups excluding carboxylic acids is 1. The Morgan fingerprint density at radius 2 is 2.08 bits per heavy atom. The Hall–Kier alpha value is -1.50. The maximum absolute atomic E-state index is 12.7. The van der Waals surface area contributed by atoms with E-state index in [0.29, 0.717) is 17.5 Å². The minimum atomic E-state index is 0.0595. The molecule has 3 fully saturated rings. The lowest BCUT2D eigenvalue weighted by Gasteiger charge is -2.38. The van der Waals surface area contributed by atoms with E-state index >= 15 is 0 Å². The molecule has 1 amide bonds. The summed E-state index contributed by atoms with van der Waals surface area (Å²) in [5.74, 6) is 1.12. The summed E-state index contributed by atoms with van der Waals surface area (Å²) in [7, 11) is 2.18. The van der Waals surface area contributed by atoms with Crippen LogP contribution in [0.5, 0.6) is 0 Å². The summed E-state index contributed by atoms with van der Waals surface area (Å²) in [5, 5.41) is 0. The van der Waals surface area contributed by atoms with E-state index in [1.54, 1.807) is 12.3 Å². The maximum atomic E-state index is 12.7. The van der Waals surface area contributed by atoms with E-state index in [-0.39, 0.29) is 12.0 Å². The molecule has 0 N–H and O–H groups in total. The average molecular weight is 344 g/mol. The molecule has 3 aliphatic heterocycles. The third-order valence-electron chi connectivity index (χ3n) is 6.01. The zero-order chi connectivity index (χ0) is 17.2. The molecule has 3 atom stereocenters. The fourth-order valence-electron chi connectivity index (χ4n) is 4.34. The number of amides is 1. The quantitative estimate of drug-likeness (QED) is 0.812. The molecule has 0 radical (unpaired) electrons. The molecular weight excluding hydrogens is 316 g/mol. The van der Waals surface area contributed by atoms with Crippen LogP contribution in [-0.4, -0.2) is 91.2 Å². The first-order valence-corrected chi connectivity index (χ1v) is 9.43. The van der Waals surface area contributed by atoms with Crippen molar-refractivity contribution in [2.24, 2.45) is 11.8 Å². The first-order chi connectivity index (χ1) is 12.2. The van der Waals surface area contributed by atoms with E-state index in [1.165, 1.54) is 0 Å². The maximum Gasteiger partial charge on any atom is 0.272 e. The number of hydrogen-bond donors (Lipinski definition) is 0. The first kappa shape index (κ1) is 16.9. The predicted molar refractivity (Wildman–Crippen MR) is 95.4 cm³/mol. The van der Waals surface area contributed by atoms with Crippen LogP contribution in [0.25, 0.3) is 0 Å². The molecule has 25 heavy (non-hydrogen) atoms. The van der Waals surface area contributed by atoms with E-state index in [9.17, 15) is 4.79 Å². The topological polar surface area (TPSA) is 48.9 Å². The van der Waals surface area contributed by atoms with Crippen molar-refractivity contribution < 1.29 is 9.53 Å². The Labute approximate surface area is 149 Å². The van der Waals surface area contributed by atoms with Crippen LogP contribution >= 0.6 is 0 Å². The number of nitrogens with zero attached hydrogens (tertiary/aromatic N) is 4. The Balaban J connectivity index is 1.38. The summed E-state index contributed by atoms with van der Waals surface area (Å²) in [6.07, 6.45) is 2.99. The van der Waals surface area contributed by atoms with Crippen LogP contribution in [-0.2, 0) is 4.74 Å². The van der Waals surface area contributed by atoms with Crippen molar-refractivity contribution in [2.45, 2.75) is 12.5 Å². The number of likely N-dealkylation sites (tertiary alicyclic amines) is 1. The molecule has 0 aromatic carbocycles. The van der Waals surface area contributed by atoms with Crippen LogP contribution in [0.3, 0.4) is 0 Å². The Morgan fingerprint density at radius 1 is 1.24 bits per heavy atom. The second-order valence-corrected chi connectivity index (χ2v) is 7.65. The van der Waals surface area contributed by atoms with Gasteiger partial charge >= 0.3 is 0 Å². The molecular formula is C19H28N4O2. The van der Waals surface area contributed by atoms with Gasteiger partial charge in [-0.2, -0.15) is 0 Å². The standard InChI is InChI=1S/C19H28N4O2/c1-21-8-10-22(11-9-21)13-18-16-12-23(7-5-15(16)14-25-18)19(24)17-4-2-3-6-20-17/h2-4,6,15-16,18H,5,7-14H2,1H3/t15-,16-,18+/m0/s1. The lowest BCUT2D eigenvalue weighted by atomic mass is 9.84. The molecule has 4 heterocycles. The van der Waals surface area contributed by atoms with Crippen LogP contribution in [0.4, 0.5) is 0 Å². The number of piperidine rings is 1. The number of aromatic nitrogens is 1. The first-order valence-electron chi connectivity index (χ1n) is 9.43. The van der Waals surface area contributed by atoms with Crippen molar-refractivity contribution in [3.05, 3.63) is 30.1 Å². The van der Waals surface area contributed by atoms with Gasteiger partial charge in [0.2, 0.25) is 0 Å². The largest absolute Gasteiger partial charge is 0.376 e. The summed E-state index contributed by atoms with van der Waals surface area (Å²) < 4.78 is 6.15. The molecule has 1 aromatic rings. The fraction of sp³-hybridized carbons (Fsp3) is 0.684. The van der Waals surface area contributed by atoms with Gasteiger partial charge in [0.1, 0.15) is 5.69 Å². The Bertz CT molecular complexity index is 588. The van der Waals surface area contributed by atoms with Gasteiger partial charge in [-0.25, -0.2) is 0 Å². The molecule has 0 aliphatic carbocycles. The smallest absolute Gasteiger partial charge is 0.272 e. The number of piperazine rings is 1. The van der Waals surface area contributed by atoms with E-state index in [0.717, 1.165) is 58.8 Å². The summed E-state index contributed by atoms with van der Waals surface area (Å²) in [6.45, 7) is 7.97. The van der Waals surface area contributed by atoms with Crippen molar-refractivity contribution in [3.8, 4) is 0 Å². The number of hydrogen-bond acceptors (Lipinski definition) is 5. The third kappa shape index (κ3) is 3.71. The number of ether oxygens (including phenoxy) is 1. The van der Waals surface area contributed by atoms with Gasteiger partial charge in [0.05, 0.1) is 12.7 Å². The molecule has 3 saturated heterocycles. The van der Waals surface area contributed by atoms with Gasteiger partial charge in [-0.1, -0.05) is 6.07 Å². The SMILES string of the molecule is CN1CCN(C[C@H]2OC[C@@H]3CCN(C(=O)c4ccccn4)C[C@@H]32)CC1. The van der Waals surface area contributed by atoms with Gasteiger partial charge in [-0.15, -0.1) is 0 Å². The van der Waals surface area contributed by atoms with Gasteiger partial charge in [-0.05, 0) is 31.5 Å². The minimum Gasteiger partial charge on any atom is -0.376 e. The molecule has 6 nitrogen and oxygen atoms in total. The molecule has 6 heteroatoms. The molecule has 0 bridgehead atoms. The zero-order valence-corrected chi connectivity index (χ0v) is 15.0. The van der Waals surface area contributed by atoms with Gasteiger partial charge in [0, 0.05) is 57.9 Å². The number of fused-ring (bicyclic) bond motifs is 1. The Morgan fingerprint density at radius 3 is 2.84 bits per heavy atom. The monoisotopic (exact) mass is 344 g/mol.